The van der Waals surface area contributed by atoms with Crippen molar-refractivity contribution in [1.29, 1.82) is 0 Å². The van der Waals surface area contributed by atoms with Gasteiger partial charge in [0.15, 0.2) is 0 Å². The number of hydrogen-bond acceptors (Lipinski definition) is 1. The van der Waals surface area contributed by atoms with Gasteiger partial charge in [0.25, 0.3) is 0 Å². The van der Waals surface area contributed by atoms with Crippen LogP contribution in [-0.4, -0.2) is 11.1 Å². The molecular weight excluding hydrogens is 368 g/mol. The molecule has 1 aliphatic rings. The molecule has 178 valence electrons. The number of carboxylic acid groups (broad SMARTS) is 1. The van der Waals surface area contributed by atoms with Crippen molar-refractivity contribution >= 4 is 5.97 Å². The van der Waals surface area contributed by atoms with Crippen molar-refractivity contribution in [3.8, 4) is 0 Å². The number of rotatable bonds is 24. The van der Waals surface area contributed by atoms with Crippen molar-refractivity contribution in [1.82, 2.24) is 0 Å². The molecule has 2 heteroatoms. The first kappa shape index (κ1) is 27.5. The molecule has 0 aromatic carbocycles. The van der Waals surface area contributed by atoms with Crippen molar-refractivity contribution in [2.24, 2.45) is 11.8 Å². The molecule has 0 aromatic heterocycles. The Morgan fingerprint density at radius 3 is 1.27 bits per heavy atom. The summed E-state index contributed by atoms with van der Waals surface area (Å²) >= 11 is 0. The zero-order valence-corrected chi connectivity index (χ0v) is 20.5. The molecule has 0 radical (unpaired) electrons. The molecule has 0 aromatic rings. The summed E-state index contributed by atoms with van der Waals surface area (Å²) in [7, 11) is 0. The first-order valence-corrected chi connectivity index (χ1v) is 14.0. The Morgan fingerprint density at radius 2 is 0.900 bits per heavy atom. The van der Waals surface area contributed by atoms with E-state index in [2.05, 4.69) is 6.92 Å². The number of carboxylic acids is 1. The zero-order valence-electron chi connectivity index (χ0n) is 20.5. The molecule has 0 bridgehead atoms. The maximum Gasteiger partial charge on any atom is 0.303 e. The Balaban J connectivity index is 1.66. The zero-order chi connectivity index (χ0) is 21.7. The molecule has 1 N–H and O–H groups in total. The maximum absolute atomic E-state index is 10.4. The molecular formula is C28H54O2. The second-order valence-corrected chi connectivity index (χ2v) is 10.2. The van der Waals surface area contributed by atoms with Crippen LogP contribution in [0.4, 0.5) is 0 Å². The van der Waals surface area contributed by atoms with Crippen LogP contribution in [0.5, 0.6) is 0 Å². The van der Waals surface area contributed by atoms with E-state index in [1.807, 2.05) is 0 Å². The van der Waals surface area contributed by atoms with Crippen molar-refractivity contribution in [2.75, 3.05) is 0 Å². The van der Waals surface area contributed by atoms with Crippen molar-refractivity contribution in [3.63, 3.8) is 0 Å². The fourth-order valence-electron chi connectivity index (χ4n) is 5.01. The molecule has 1 aliphatic carbocycles. The molecule has 0 amide bonds. The fourth-order valence-corrected chi connectivity index (χ4v) is 5.01. The second kappa shape index (κ2) is 20.4. The van der Waals surface area contributed by atoms with Gasteiger partial charge in [-0.25, -0.2) is 0 Å². The molecule has 0 heterocycles. The highest BCUT2D eigenvalue weighted by molar-refractivity contribution is 5.66. The Labute approximate surface area is 189 Å². The molecule has 2 atom stereocenters. The summed E-state index contributed by atoms with van der Waals surface area (Å²) in [6.07, 6.45) is 32.4. The molecule has 1 fully saturated rings. The molecule has 0 saturated heterocycles. The van der Waals surface area contributed by atoms with Gasteiger partial charge in [-0.3, -0.25) is 4.79 Å². The topological polar surface area (TPSA) is 37.3 Å². The van der Waals surface area contributed by atoms with E-state index in [1.165, 1.54) is 128 Å². The van der Waals surface area contributed by atoms with E-state index in [-0.39, 0.29) is 0 Å². The molecule has 1 rings (SSSR count). The third-order valence-electron chi connectivity index (χ3n) is 7.21. The standard InChI is InChI=1S/C28H54O2/c1-2-3-4-19-22-26-25-27(26)23-20-17-15-13-11-9-7-5-6-8-10-12-14-16-18-21-24-28(29)30/h26-27H,2-25H2,1H3,(H,29,30)/t26-,27+/m1/s1. The lowest BCUT2D eigenvalue weighted by atomic mass is 10.0. The van der Waals surface area contributed by atoms with E-state index < -0.39 is 5.97 Å². The summed E-state index contributed by atoms with van der Waals surface area (Å²) in [4.78, 5) is 10.4. The highest BCUT2D eigenvalue weighted by Crippen LogP contribution is 2.45. The monoisotopic (exact) mass is 422 g/mol. The lowest BCUT2D eigenvalue weighted by Crippen LogP contribution is -1.93. The van der Waals surface area contributed by atoms with Gasteiger partial charge >= 0.3 is 5.97 Å². The summed E-state index contributed by atoms with van der Waals surface area (Å²) in [6.45, 7) is 2.31. The molecule has 0 aliphatic heterocycles. The third-order valence-corrected chi connectivity index (χ3v) is 7.21. The van der Waals surface area contributed by atoms with Gasteiger partial charge in [-0.15, -0.1) is 0 Å². The van der Waals surface area contributed by atoms with E-state index in [4.69, 9.17) is 5.11 Å². The van der Waals surface area contributed by atoms with Gasteiger partial charge in [0, 0.05) is 6.42 Å². The van der Waals surface area contributed by atoms with Crippen LogP contribution in [0.1, 0.15) is 161 Å². The van der Waals surface area contributed by atoms with Gasteiger partial charge in [-0.2, -0.15) is 0 Å². The lowest BCUT2D eigenvalue weighted by Gasteiger charge is -2.04. The van der Waals surface area contributed by atoms with E-state index in [0.717, 1.165) is 24.7 Å². The van der Waals surface area contributed by atoms with Crippen LogP contribution in [0.2, 0.25) is 0 Å². The average Bonchev–Trinajstić information content (AvgIpc) is 3.48. The lowest BCUT2D eigenvalue weighted by molar-refractivity contribution is -0.137. The molecule has 2 nitrogen and oxygen atoms in total. The average molecular weight is 423 g/mol. The van der Waals surface area contributed by atoms with Crippen LogP contribution in [0.25, 0.3) is 0 Å². The van der Waals surface area contributed by atoms with E-state index in [1.54, 1.807) is 6.42 Å². The maximum atomic E-state index is 10.4. The van der Waals surface area contributed by atoms with E-state index in [0.29, 0.717) is 6.42 Å². The largest absolute Gasteiger partial charge is 0.481 e. The van der Waals surface area contributed by atoms with Gasteiger partial charge in [-0.05, 0) is 24.7 Å². The number of unbranched alkanes of at least 4 members (excludes halogenated alkanes) is 18. The van der Waals surface area contributed by atoms with Crippen molar-refractivity contribution in [3.05, 3.63) is 0 Å². The quantitative estimate of drug-likeness (QED) is 0.157. The first-order valence-electron chi connectivity index (χ1n) is 14.0. The van der Waals surface area contributed by atoms with Crippen LogP contribution in [0.15, 0.2) is 0 Å². The molecule has 30 heavy (non-hydrogen) atoms. The Hall–Kier alpha value is -0.530. The Bertz CT molecular complexity index is 379. The Morgan fingerprint density at radius 1 is 0.567 bits per heavy atom. The summed E-state index contributed by atoms with van der Waals surface area (Å²) in [5.74, 6) is 1.58. The van der Waals surface area contributed by atoms with Crippen LogP contribution in [-0.2, 0) is 4.79 Å². The van der Waals surface area contributed by atoms with Gasteiger partial charge in [-0.1, -0.05) is 142 Å². The van der Waals surface area contributed by atoms with Crippen molar-refractivity contribution < 1.29 is 9.90 Å². The van der Waals surface area contributed by atoms with Crippen LogP contribution < -0.4 is 0 Å². The van der Waals surface area contributed by atoms with Gasteiger partial charge in [0.05, 0.1) is 0 Å². The smallest absolute Gasteiger partial charge is 0.303 e. The minimum atomic E-state index is -0.648. The third kappa shape index (κ3) is 18.3. The van der Waals surface area contributed by atoms with Gasteiger partial charge < -0.3 is 5.11 Å². The van der Waals surface area contributed by atoms with Crippen molar-refractivity contribution in [2.45, 2.75) is 161 Å². The number of carbonyl (C=O) groups is 1. The summed E-state index contributed by atoms with van der Waals surface area (Å²) in [5.41, 5.74) is 0. The van der Waals surface area contributed by atoms with E-state index in [9.17, 15) is 4.79 Å². The van der Waals surface area contributed by atoms with Gasteiger partial charge in [0.1, 0.15) is 0 Å². The number of hydrogen-bond donors (Lipinski definition) is 1. The van der Waals surface area contributed by atoms with Crippen LogP contribution in [0, 0.1) is 11.8 Å². The second-order valence-electron chi connectivity index (χ2n) is 10.2. The molecule has 1 saturated carbocycles. The number of aliphatic carboxylic acids is 1. The normalized spacial score (nSPS) is 18.0. The van der Waals surface area contributed by atoms with Gasteiger partial charge in [0.2, 0.25) is 0 Å². The fraction of sp³-hybridized carbons (Fsp3) is 0.964. The first-order chi connectivity index (χ1) is 14.7. The predicted molar refractivity (Wildman–Crippen MR) is 131 cm³/mol. The van der Waals surface area contributed by atoms with Crippen LogP contribution in [0.3, 0.4) is 0 Å². The van der Waals surface area contributed by atoms with Crippen LogP contribution >= 0.6 is 0 Å². The molecule has 0 unspecified atom stereocenters. The summed E-state index contributed by atoms with van der Waals surface area (Å²) in [5, 5.41) is 8.60. The molecule has 0 spiro atoms. The van der Waals surface area contributed by atoms with E-state index >= 15 is 0 Å². The minimum absolute atomic E-state index is 0.347. The summed E-state index contributed by atoms with van der Waals surface area (Å²) in [6, 6.07) is 0. The Kier molecular flexibility index (Phi) is 18.7. The highest BCUT2D eigenvalue weighted by atomic mass is 16.4. The summed E-state index contributed by atoms with van der Waals surface area (Å²) < 4.78 is 0. The minimum Gasteiger partial charge on any atom is -0.481 e. The SMILES string of the molecule is CCCCCC[C@@H]1C[C@@H]1CCCCCCCCCCCCCCCCCCC(=O)O. The highest BCUT2D eigenvalue weighted by Gasteiger charge is 2.34. The predicted octanol–water partition coefficient (Wildman–Crippen LogP) is 9.70.